The largest absolute Gasteiger partial charge is 0.371 e. The molecular formula is C20H28N4. The van der Waals surface area contributed by atoms with Gasteiger partial charge in [0.25, 0.3) is 0 Å². The summed E-state index contributed by atoms with van der Waals surface area (Å²) in [5.74, 6) is 1.05. The topological polar surface area (TPSA) is 44.0 Å². The Morgan fingerprint density at radius 1 is 1.21 bits per heavy atom. The molecule has 2 aliphatic rings. The van der Waals surface area contributed by atoms with Gasteiger partial charge in [-0.3, -0.25) is 0 Å². The normalized spacial score (nSPS) is 19.5. The zero-order valence-corrected chi connectivity index (χ0v) is 14.8. The Labute approximate surface area is 144 Å². The molecule has 1 aromatic heterocycles. The molecule has 0 saturated carbocycles. The van der Waals surface area contributed by atoms with Gasteiger partial charge in [-0.1, -0.05) is 6.07 Å². The van der Waals surface area contributed by atoms with Gasteiger partial charge in [-0.2, -0.15) is 0 Å². The molecule has 2 aromatic rings. The minimum atomic E-state index is 0.287. The van der Waals surface area contributed by atoms with Gasteiger partial charge in [0, 0.05) is 36.7 Å². The van der Waals surface area contributed by atoms with Crippen molar-refractivity contribution in [2.75, 3.05) is 18.0 Å². The summed E-state index contributed by atoms with van der Waals surface area (Å²) in [6, 6.07) is 7.98. The summed E-state index contributed by atoms with van der Waals surface area (Å²) in [5, 5.41) is 3.74. The number of aryl methyl sites for hydroxylation is 3. The van der Waals surface area contributed by atoms with E-state index < -0.39 is 0 Å². The van der Waals surface area contributed by atoms with Crippen LogP contribution in [-0.4, -0.2) is 29.1 Å². The number of aromatic amines is 1. The Balaban J connectivity index is 1.33. The number of benzene rings is 1. The lowest BCUT2D eigenvalue weighted by Crippen LogP contribution is -2.43. The average molecular weight is 324 g/mol. The SMILES string of the molecule is Cc1cnc(C(C)NC2CCN(c3ccc4c(c3)CCC4)CC2)[nH]1. The number of aromatic nitrogens is 2. The van der Waals surface area contributed by atoms with Gasteiger partial charge in [0.05, 0.1) is 6.04 Å². The fourth-order valence-electron chi connectivity index (χ4n) is 4.14. The molecule has 128 valence electrons. The van der Waals surface area contributed by atoms with Crippen LogP contribution in [-0.2, 0) is 12.8 Å². The molecule has 1 saturated heterocycles. The molecule has 1 aromatic carbocycles. The Morgan fingerprint density at radius 2 is 2.00 bits per heavy atom. The highest BCUT2D eigenvalue weighted by Crippen LogP contribution is 2.28. The van der Waals surface area contributed by atoms with E-state index in [1.807, 2.05) is 6.20 Å². The van der Waals surface area contributed by atoms with E-state index in [1.54, 1.807) is 11.1 Å². The molecule has 1 aliphatic carbocycles. The first-order valence-electron chi connectivity index (χ1n) is 9.33. The number of hydrogen-bond acceptors (Lipinski definition) is 3. The lowest BCUT2D eigenvalue weighted by Gasteiger charge is -2.35. The van der Waals surface area contributed by atoms with Gasteiger partial charge in [-0.25, -0.2) is 4.98 Å². The van der Waals surface area contributed by atoms with E-state index in [2.05, 4.69) is 52.2 Å². The predicted molar refractivity (Wildman–Crippen MR) is 98.6 cm³/mol. The fourth-order valence-corrected chi connectivity index (χ4v) is 4.14. The summed E-state index contributed by atoms with van der Waals surface area (Å²) >= 11 is 0. The predicted octanol–water partition coefficient (Wildman–Crippen LogP) is 3.53. The van der Waals surface area contributed by atoms with Gasteiger partial charge in [0.15, 0.2) is 0 Å². The van der Waals surface area contributed by atoms with Gasteiger partial charge in [0.2, 0.25) is 0 Å². The molecule has 24 heavy (non-hydrogen) atoms. The molecule has 2 N–H and O–H groups in total. The van der Waals surface area contributed by atoms with Crippen molar-refractivity contribution in [1.29, 1.82) is 0 Å². The number of anilines is 1. The van der Waals surface area contributed by atoms with Crippen LogP contribution >= 0.6 is 0 Å². The summed E-state index contributed by atoms with van der Waals surface area (Å²) in [5.41, 5.74) is 5.70. The summed E-state index contributed by atoms with van der Waals surface area (Å²) in [6.45, 7) is 6.53. The van der Waals surface area contributed by atoms with E-state index in [0.29, 0.717) is 6.04 Å². The number of imidazole rings is 1. The Morgan fingerprint density at radius 3 is 2.75 bits per heavy atom. The summed E-state index contributed by atoms with van der Waals surface area (Å²) in [4.78, 5) is 10.3. The Bertz CT molecular complexity index is 697. The summed E-state index contributed by atoms with van der Waals surface area (Å²) in [6.07, 6.45) is 8.16. The molecule has 0 radical (unpaired) electrons. The van der Waals surface area contributed by atoms with Gasteiger partial charge in [-0.05, 0) is 69.2 Å². The third kappa shape index (κ3) is 3.20. The second kappa shape index (κ2) is 6.60. The van der Waals surface area contributed by atoms with E-state index in [4.69, 9.17) is 0 Å². The van der Waals surface area contributed by atoms with E-state index in [1.165, 1.54) is 37.8 Å². The maximum atomic E-state index is 4.45. The second-order valence-electron chi connectivity index (χ2n) is 7.41. The Hall–Kier alpha value is -1.81. The maximum Gasteiger partial charge on any atom is 0.123 e. The van der Waals surface area contributed by atoms with Gasteiger partial charge < -0.3 is 15.2 Å². The number of fused-ring (bicyclic) bond motifs is 1. The van der Waals surface area contributed by atoms with Gasteiger partial charge in [0.1, 0.15) is 5.82 Å². The number of piperidine rings is 1. The smallest absolute Gasteiger partial charge is 0.123 e. The van der Waals surface area contributed by atoms with Crippen molar-refractivity contribution in [2.24, 2.45) is 0 Å². The maximum absolute atomic E-state index is 4.45. The van der Waals surface area contributed by atoms with Crippen LogP contribution in [0.25, 0.3) is 0 Å². The first-order valence-corrected chi connectivity index (χ1v) is 9.33. The molecule has 4 heteroatoms. The lowest BCUT2D eigenvalue weighted by atomic mass is 10.0. The summed E-state index contributed by atoms with van der Waals surface area (Å²) < 4.78 is 0. The molecule has 1 atom stereocenters. The molecule has 4 nitrogen and oxygen atoms in total. The van der Waals surface area contributed by atoms with E-state index in [-0.39, 0.29) is 6.04 Å². The van der Waals surface area contributed by atoms with E-state index in [0.717, 1.165) is 24.6 Å². The van der Waals surface area contributed by atoms with Crippen molar-refractivity contribution in [2.45, 2.75) is 58.0 Å². The zero-order chi connectivity index (χ0) is 16.5. The summed E-state index contributed by atoms with van der Waals surface area (Å²) in [7, 11) is 0. The van der Waals surface area contributed by atoms with Crippen LogP contribution in [0.15, 0.2) is 24.4 Å². The average Bonchev–Trinajstić information content (AvgIpc) is 3.23. The van der Waals surface area contributed by atoms with Crippen LogP contribution < -0.4 is 10.2 Å². The van der Waals surface area contributed by atoms with Crippen LogP contribution in [0.4, 0.5) is 5.69 Å². The van der Waals surface area contributed by atoms with Crippen LogP contribution in [0, 0.1) is 6.92 Å². The Kier molecular flexibility index (Phi) is 4.31. The molecule has 4 rings (SSSR count). The number of H-pyrrole nitrogens is 1. The standard InChI is InChI=1S/C20H28N4/c1-14-13-21-20(22-14)15(2)23-18-8-10-24(11-9-18)19-7-6-16-4-3-5-17(16)12-19/h6-7,12-13,15,18,23H,3-5,8-11H2,1-2H3,(H,21,22). The lowest BCUT2D eigenvalue weighted by molar-refractivity contribution is 0.374. The van der Waals surface area contributed by atoms with Crippen LogP contribution in [0.1, 0.15) is 54.9 Å². The molecule has 2 heterocycles. The van der Waals surface area contributed by atoms with Crippen molar-refractivity contribution in [3.63, 3.8) is 0 Å². The molecule has 1 fully saturated rings. The first-order chi connectivity index (χ1) is 11.7. The van der Waals surface area contributed by atoms with Crippen molar-refractivity contribution < 1.29 is 0 Å². The van der Waals surface area contributed by atoms with E-state index in [9.17, 15) is 0 Å². The molecule has 0 amide bonds. The number of hydrogen-bond donors (Lipinski definition) is 2. The van der Waals surface area contributed by atoms with Crippen LogP contribution in [0.2, 0.25) is 0 Å². The monoisotopic (exact) mass is 324 g/mol. The van der Waals surface area contributed by atoms with Crippen molar-refractivity contribution in [3.8, 4) is 0 Å². The minimum Gasteiger partial charge on any atom is -0.371 e. The quantitative estimate of drug-likeness (QED) is 0.904. The second-order valence-corrected chi connectivity index (χ2v) is 7.41. The van der Waals surface area contributed by atoms with Crippen LogP contribution in [0.3, 0.4) is 0 Å². The zero-order valence-electron chi connectivity index (χ0n) is 14.8. The number of nitrogens with one attached hydrogen (secondary N) is 2. The molecule has 0 bridgehead atoms. The van der Waals surface area contributed by atoms with Crippen molar-refractivity contribution >= 4 is 5.69 Å². The van der Waals surface area contributed by atoms with Gasteiger partial charge in [-0.15, -0.1) is 0 Å². The van der Waals surface area contributed by atoms with Gasteiger partial charge >= 0.3 is 0 Å². The third-order valence-electron chi connectivity index (χ3n) is 5.56. The van der Waals surface area contributed by atoms with Crippen molar-refractivity contribution in [1.82, 2.24) is 15.3 Å². The third-order valence-corrected chi connectivity index (χ3v) is 5.56. The van der Waals surface area contributed by atoms with Crippen molar-refractivity contribution in [3.05, 3.63) is 47.0 Å². The van der Waals surface area contributed by atoms with Crippen LogP contribution in [0.5, 0.6) is 0 Å². The molecule has 1 aliphatic heterocycles. The van der Waals surface area contributed by atoms with E-state index >= 15 is 0 Å². The highest BCUT2D eigenvalue weighted by Gasteiger charge is 2.22. The minimum absolute atomic E-state index is 0.287. The molecule has 1 unspecified atom stereocenters. The first kappa shape index (κ1) is 15.7. The number of nitrogens with zero attached hydrogens (tertiary/aromatic N) is 2. The number of rotatable bonds is 4. The highest BCUT2D eigenvalue weighted by molar-refractivity contribution is 5.52. The highest BCUT2D eigenvalue weighted by atomic mass is 15.2. The molecule has 0 spiro atoms. The fraction of sp³-hybridized carbons (Fsp3) is 0.550. The molecular weight excluding hydrogens is 296 g/mol.